The van der Waals surface area contributed by atoms with E-state index in [-0.39, 0.29) is 19.2 Å². The lowest BCUT2D eigenvalue weighted by Crippen LogP contribution is -2.46. The van der Waals surface area contributed by atoms with E-state index in [9.17, 15) is 6.17 Å². The molecule has 254 valence electrons. The Labute approximate surface area is 293 Å². The Morgan fingerprint density at radius 1 is 0.896 bits per heavy atom. The first-order valence-electron chi connectivity index (χ1n) is 16.5. The van der Waals surface area contributed by atoms with Crippen LogP contribution in [0, 0.1) is 0 Å². The first-order valence-corrected chi connectivity index (χ1v) is 16.8. The van der Waals surface area contributed by atoms with E-state index in [0.717, 1.165) is 55.4 Å². The number of rotatable bonds is 13. The summed E-state index contributed by atoms with van der Waals surface area (Å²) in [6.07, 6.45) is 6.69. The predicted molar refractivity (Wildman–Crippen MR) is 194 cm³/mol. The van der Waals surface area contributed by atoms with Crippen LogP contribution >= 0.6 is 23.2 Å². The fourth-order valence-electron chi connectivity index (χ4n) is 5.83. The van der Waals surface area contributed by atoms with Gasteiger partial charge in [-0.2, -0.15) is 10.2 Å². The molecule has 10 nitrogen and oxygen atoms in total. The lowest BCUT2D eigenvalue weighted by atomic mass is 9.94. The molecule has 0 aliphatic carbocycles. The van der Waals surface area contributed by atoms with E-state index in [4.69, 9.17) is 27.9 Å². The molecule has 6 rings (SSSR count). The molecule has 0 amide bonds. The van der Waals surface area contributed by atoms with Gasteiger partial charge in [0.2, 0.25) is 0 Å². The van der Waals surface area contributed by atoms with Gasteiger partial charge in [-0.3, -0.25) is 4.68 Å². The van der Waals surface area contributed by atoms with Crippen molar-refractivity contribution in [1.82, 2.24) is 29.1 Å². The summed E-state index contributed by atoms with van der Waals surface area (Å²) in [5, 5.41) is 9.50. The van der Waals surface area contributed by atoms with E-state index in [1.54, 1.807) is 34.0 Å². The highest BCUT2D eigenvalue weighted by molar-refractivity contribution is 6.35. The van der Waals surface area contributed by atoms with E-state index >= 15 is 0 Å². The normalized spacial score (nSPS) is 15.4. The van der Waals surface area contributed by atoms with Gasteiger partial charge in [0, 0.05) is 61.4 Å². The molecule has 2 unspecified atom stereocenters. The summed E-state index contributed by atoms with van der Waals surface area (Å²) in [5.74, 6) is -0.230. The van der Waals surface area contributed by atoms with Crippen molar-refractivity contribution < 1.29 is 6.11 Å². The molecule has 3 heterocycles. The topological polar surface area (TPSA) is 86.2 Å². The highest BCUT2D eigenvalue weighted by Crippen LogP contribution is 2.32. The molecule has 5 aromatic rings. The van der Waals surface area contributed by atoms with Crippen LogP contribution in [0.4, 0.5) is 11.4 Å². The molecule has 0 bridgehead atoms. The molecule has 0 radical (unpaired) electrons. The number of nitrogens with zero attached hydrogens (tertiary/aromatic N) is 8. The average molecular weight is 694 g/mol. The third-order valence-electron chi connectivity index (χ3n) is 8.70. The van der Waals surface area contributed by atoms with E-state index < -0.39 is 5.89 Å². The third kappa shape index (κ3) is 8.22. The summed E-state index contributed by atoms with van der Waals surface area (Å²) in [6.45, 7) is 8.41. The molecule has 0 N–H and O–H groups in total. The SMILES string of the molecule is C.[3H]C(CCCOc1ccc(N2CCN(c3ccc(-n4cnn(C(C)CC)c4=O)cc3)CC2)cc1)(Cn1cncn1)c1ccc(Cl)cc1Cl. The molecule has 48 heavy (non-hydrogen) atoms. The van der Waals surface area contributed by atoms with E-state index in [2.05, 4.69) is 49.2 Å². The van der Waals surface area contributed by atoms with Crippen molar-refractivity contribution in [3.05, 3.63) is 112 Å². The smallest absolute Gasteiger partial charge is 0.350 e. The maximum Gasteiger partial charge on any atom is 0.350 e. The number of halogens is 2. The van der Waals surface area contributed by atoms with Gasteiger partial charge in [0.15, 0.2) is 0 Å². The van der Waals surface area contributed by atoms with Gasteiger partial charge < -0.3 is 14.5 Å². The van der Waals surface area contributed by atoms with E-state index in [0.29, 0.717) is 41.6 Å². The Morgan fingerprint density at radius 3 is 2.15 bits per heavy atom. The Kier molecular flexibility index (Phi) is 11.4. The molecule has 3 aromatic carbocycles. The van der Waals surface area contributed by atoms with Gasteiger partial charge in [-0.05, 0) is 92.4 Å². The van der Waals surface area contributed by atoms with E-state index in [1.807, 2.05) is 44.2 Å². The van der Waals surface area contributed by atoms with Gasteiger partial charge in [0.25, 0.3) is 0 Å². The minimum Gasteiger partial charge on any atom is -0.494 e. The summed E-state index contributed by atoms with van der Waals surface area (Å²) < 4.78 is 20.2. The van der Waals surface area contributed by atoms with Crippen molar-refractivity contribution in [2.75, 3.05) is 42.6 Å². The van der Waals surface area contributed by atoms with Crippen molar-refractivity contribution in [3.63, 3.8) is 0 Å². The summed E-state index contributed by atoms with van der Waals surface area (Å²) in [7, 11) is 0. The number of benzene rings is 3. The summed E-state index contributed by atoms with van der Waals surface area (Å²) in [6, 6.07) is 21.7. The molecule has 1 aliphatic heterocycles. The largest absolute Gasteiger partial charge is 0.494 e. The number of ether oxygens (including phenoxy) is 1. The number of hydrogen-bond acceptors (Lipinski definition) is 7. The minimum atomic E-state index is -1.02. The molecule has 2 aromatic heterocycles. The standard InChI is InChI=1S/C35H40Cl2N8O2.CH4/c1-3-26(2)45-35(46)44(25-40-45)31-9-7-29(8-10-31)41-16-18-42(19-17-41)30-11-13-32(14-12-30)47-20-4-5-27(22-43-24-38-23-39-43)33-15-6-28(36)21-34(33)37;/h6-15,21,23-27H,3-5,16-20,22H2,1-2H3;1H4/i27T;. The maximum atomic E-state index is 12.8. The van der Waals surface area contributed by atoms with Crippen molar-refractivity contribution in [3.8, 4) is 11.4 Å². The monoisotopic (exact) mass is 692 g/mol. The molecule has 12 heteroatoms. The molecular formula is C36H44Cl2N8O2. The van der Waals surface area contributed by atoms with Gasteiger partial charge in [-0.1, -0.05) is 43.6 Å². The third-order valence-corrected chi connectivity index (χ3v) is 9.25. The van der Waals surface area contributed by atoms with Crippen LogP contribution in [0.2, 0.25) is 10.0 Å². The lowest BCUT2D eigenvalue weighted by molar-refractivity contribution is 0.297. The Balaban J connectivity index is 0.00000468. The Morgan fingerprint density at radius 2 is 1.54 bits per heavy atom. The van der Waals surface area contributed by atoms with Crippen LogP contribution in [0.25, 0.3) is 5.69 Å². The molecule has 2 atom stereocenters. The summed E-state index contributed by atoms with van der Waals surface area (Å²) in [4.78, 5) is 21.6. The maximum absolute atomic E-state index is 12.8. The number of aromatic nitrogens is 6. The van der Waals surface area contributed by atoms with Gasteiger partial charge >= 0.3 is 5.69 Å². The minimum absolute atomic E-state index is 0. The van der Waals surface area contributed by atoms with Crippen LogP contribution in [-0.2, 0) is 6.54 Å². The number of hydrogen-bond donors (Lipinski definition) is 0. The van der Waals surface area contributed by atoms with Gasteiger partial charge in [0.05, 0.1) is 18.3 Å². The molecule has 1 fully saturated rings. The fraction of sp³-hybridized carbons (Fsp3) is 0.389. The van der Waals surface area contributed by atoms with Gasteiger partial charge in [-0.15, -0.1) is 0 Å². The van der Waals surface area contributed by atoms with Crippen molar-refractivity contribution >= 4 is 34.6 Å². The van der Waals surface area contributed by atoms with Crippen molar-refractivity contribution in [2.45, 2.75) is 59.0 Å². The number of piperazine rings is 1. The second-order valence-electron chi connectivity index (χ2n) is 11.7. The fourth-order valence-corrected chi connectivity index (χ4v) is 6.37. The van der Waals surface area contributed by atoms with Crippen LogP contribution in [0.1, 0.15) is 59.4 Å². The second-order valence-corrected chi connectivity index (χ2v) is 12.6. The van der Waals surface area contributed by atoms with Crippen molar-refractivity contribution in [1.29, 1.82) is 0 Å². The average Bonchev–Trinajstić information content (AvgIpc) is 3.76. The highest BCUT2D eigenvalue weighted by atomic mass is 35.5. The Hall–Kier alpha value is -4.28. The molecule has 1 saturated heterocycles. The Bertz CT molecular complexity index is 1840. The zero-order valence-electron chi connectivity index (χ0n) is 27.7. The van der Waals surface area contributed by atoms with Crippen molar-refractivity contribution in [2.24, 2.45) is 0 Å². The number of anilines is 2. The van der Waals surface area contributed by atoms with E-state index in [1.165, 1.54) is 11.0 Å². The molecule has 1 aliphatic rings. The van der Waals surface area contributed by atoms with Gasteiger partial charge in [-0.25, -0.2) is 19.0 Å². The van der Waals surface area contributed by atoms with Crippen LogP contribution in [-0.4, -0.2) is 61.9 Å². The second kappa shape index (κ2) is 16.2. The van der Waals surface area contributed by atoms with Gasteiger partial charge in [0.1, 0.15) is 24.7 Å². The predicted octanol–water partition coefficient (Wildman–Crippen LogP) is 7.51. The van der Waals surface area contributed by atoms with Crippen LogP contribution in [0.3, 0.4) is 0 Å². The van der Waals surface area contributed by atoms with Crippen LogP contribution in [0.5, 0.6) is 5.75 Å². The quantitative estimate of drug-likeness (QED) is 0.118. The zero-order chi connectivity index (χ0) is 33.7. The molecule has 0 saturated carbocycles. The molecule has 0 spiro atoms. The summed E-state index contributed by atoms with van der Waals surface area (Å²) >= 11 is 12.6. The van der Waals surface area contributed by atoms with Crippen LogP contribution < -0.4 is 20.2 Å². The lowest BCUT2D eigenvalue weighted by Gasteiger charge is -2.37. The zero-order valence-corrected chi connectivity index (χ0v) is 28.2. The summed E-state index contributed by atoms with van der Waals surface area (Å²) in [5.41, 5.74) is 3.70. The molecular weight excluding hydrogens is 647 g/mol. The highest BCUT2D eigenvalue weighted by Gasteiger charge is 2.19. The van der Waals surface area contributed by atoms with Crippen LogP contribution in [0.15, 0.2) is 90.5 Å². The first-order chi connectivity index (χ1) is 23.2. The first kappa shape index (κ1) is 33.6.